The van der Waals surface area contributed by atoms with E-state index in [0.29, 0.717) is 13.5 Å². The number of nitrogens with zero attached hydrogens (tertiary/aromatic N) is 1. The number of alkyl halides is 3. The number of nitrogens with one attached hydrogen (secondary N) is 1. The lowest BCUT2D eigenvalue weighted by Gasteiger charge is -2.32. The second kappa shape index (κ2) is 6.03. The largest absolute Gasteiger partial charge is 0.415 e. The summed E-state index contributed by atoms with van der Waals surface area (Å²) < 4.78 is 37.8. The van der Waals surface area contributed by atoms with Crippen molar-refractivity contribution >= 4 is 11.8 Å². The van der Waals surface area contributed by atoms with E-state index in [9.17, 15) is 22.8 Å². The molecule has 106 valence electrons. The molecule has 1 unspecified atom stereocenters. The highest BCUT2D eigenvalue weighted by Crippen LogP contribution is 2.29. The highest BCUT2D eigenvalue weighted by atomic mass is 19.4. The van der Waals surface area contributed by atoms with Gasteiger partial charge in [0.05, 0.1) is 6.54 Å². The first-order valence-corrected chi connectivity index (χ1v) is 5.49. The molecule has 18 heavy (non-hydrogen) atoms. The van der Waals surface area contributed by atoms with Gasteiger partial charge < -0.3 is 16.0 Å². The van der Waals surface area contributed by atoms with Crippen molar-refractivity contribution in [1.29, 1.82) is 0 Å². The summed E-state index contributed by atoms with van der Waals surface area (Å²) in [6.45, 7) is 3.60. The van der Waals surface area contributed by atoms with Crippen LogP contribution in [0.4, 0.5) is 13.2 Å². The molecule has 0 aliphatic rings. The third kappa shape index (κ3) is 3.86. The molecule has 0 aromatic carbocycles. The Balaban J connectivity index is 4.87. The Morgan fingerprint density at radius 1 is 1.28 bits per heavy atom. The van der Waals surface area contributed by atoms with Crippen molar-refractivity contribution in [3.8, 4) is 0 Å². The molecule has 1 atom stereocenters. The summed E-state index contributed by atoms with van der Waals surface area (Å²) in [4.78, 5) is 23.7. The Labute approximate surface area is 103 Å². The Morgan fingerprint density at radius 3 is 2.11 bits per heavy atom. The summed E-state index contributed by atoms with van der Waals surface area (Å²) in [5.74, 6) is -1.84. The number of carbonyl (C=O) groups excluding carboxylic acids is 2. The Hall–Kier alpha value is -1.31. The number of rotatable bonds is 5. The second-order valence-electron chi connectivity index (χ2n) is 3.97. The smallest absolute Gasteiger partial charge is 0.355 e. The second-order valence-corrected chi connectivity index (χ2v) is 3.97. The number of hydrogen-bond donors (Lipinski definition) is 2. The predicted octanol–water partition coefficient (Wildman–Crippen LogP) is 0.251. The fraction of sp³-hybridized carbons (Fsp3) is 0.800. The van der Waals surface area contributed by atoms with Crippen LogP contribution >= 0.6 is 0 Å². The van der Waals surface area contributed by atoms with Gasteiger partial charge in [-0.25, -0.2) is 0 Å². The minimum Gasteiger partial charge on any atom is -0.355 e. The van der Waals surface area contributed by atoms with Crippen LogP contribution in [0.2, 0.25) is 0 Å². The summed E-state index contributed by atoms with van der Waals surface area (Å²) in [7, 11) is 0. The topological polar surface area (TPSA) is 75.4 Å². The van der Waals surface area contributed by atoms with Gasteiger partial charge in [-0.15, -0.1) is 0 Å². The van der Waals surface area contributed by atoms with Gasteiger partial charge >= 0.3 is 6.18 Å². The van der Waals surface area contributed by atoms with E-state index in [1.165, 1.54) is 6.92 Å². The zero-order chi connectivity index (χ0) is 14.6. The fourth-order valence-corrected chi connectivity index (χ4v) is 1.20. The molecule has 0 bridgehead atoms. The summed E-state index contributed by atoms with van der Waals surface area (Å²) in [6.07, 6.45) is -4.86. The minimum absolute atomic E-state index is 0.0289. The molecule has 0 heterocycles. The number of hydrogen-bond acceptors (Lipinski definition) is 3. The summed E-state index contributed by atoms with van der Waals surface area (Å²) in [6, 6.07) is 0. The molecule has 0 saturated carbocycles. The molecule has 0 aromatic heterocycles. The lowest BCUT2D eigenvalue weighted by atomic mass is 10.0. The van der Waals surface area contributed by atoms with Crippen LogP contribution in [-0.2, 0) is 9.59 Å². The van der Waals surface area contributed by atoms with Crippen LogP contribution in [0.25, 0.3) is 0 Å². The normalized spacial score (nSPS) is 14.8. The first kappa shape index (κ1) is 16.7. The number of likely N-dealkylation sites (N-methyl/N-ethyl adjacent to an activating group) is 2. The van der Waals surface area contributed by atoms with E-state index in [1.807, 2.05) is 0 Å². The average Bonchev–Trinajstić information content (AvgIpc) is 2.23. The van der Waals surface area contributed by atoms with Crippen molar-refractivity contribution in [2.45, 2.75) is 32.5 Å². The van der Waals surface area contributed by atoms with Crippen LogP contribution in [0.1, 0.15) is 20.8 Å². The van der Waals surface area contributed by atoms with Crippen LogP contribution in [0, 0.1) is 0 Å². The zero-order valence-electron chi connectivity index (χ0n) is 10.6. The zero-order valence-corrected chi connectivity index (χ0v) is 10.6. The summed E-state index contributed by atoms with van der Waals surface area (Å²) >= 11 is 0. The summed E-state index contributed by atoms with van der Waals surface area (Å²) in [5, 5.41) is 2.40. The molecule has 0 radical (unpaired) electrons. The predicted molar refractivity (Wildman–Crippen MR) is 59.6 cm³/mol. The number of halogens is 3. The van der Waals surface area contributed by atoms with E-state index in [2.05, 4.69) is 5.32 Å². The highest BCUT2D eigenvalue weighted by molar-refractivity contribution is 5.90. The van der Waals surface area contributed by atoms with Crippen LogP contribution in [0.5, 0.6) is 0 Å². The maximum atomic E-state index is 12.6. The number of amides is 2. The van der Waals surface area contributed by atoms with E-state index >= 15 is 0 Å². The SMILES string of the molecule is CCNC(=O)CN(CC)C(=O)C(C)(N)C(F)(F)F. The standard InChI is InChI=1S/C10H18F3N3O2/c1-4-15-7(17)6-16(5-2)8(18)9(3,14)10(11,12)13/h4-6,14H2,1-3H3,(H,15,17). The molecule has 0 aliphatic carbocycles. The third-order valence-electron chi connectivity index (χ3n) is 2.41. The van der Waals surface area contributed by atoms with Gasteiger partial charge in [-0.2, -0.15) is 13.2 Å². The van der Waals surface area contributed by atoms with Crippen LogP contribution in [0.3, 0.4) is 0 Å². The van der Waals surface area contributed by atoms with Crippen molar-refractivity contribution in [2.75, 3.05) is 19.6 Å². The van der Waals surface area contributed by atoms with E-state index < -0.39 is 30.1 Å². The molecule has 0 aromatic rings. The monoisotopic (exact) mass is 269 g/mol. The van der Waals surface area contributed by atoms with Crippen LogP contribution in [-0.4, -0.2) is 48.1 Å². The lowest BCUT2D eigenvalue weighted by molar-refractivity contribution is -0.193. The maximum Gasteiger partial charge on any atom is 0.415 e. The summed E-state index contributed by atoms with van der Waals surface area (Å²) in [5.41, 5.74) is 2.02. The highest BCUT2D eigenvalue weighted by Gasteiger charge is 2.55. The first-order chi connectivity index (χ1) is 8.07. The van der Waals surface area contributed by atoms with Crippen LogP contribution in [0.15, 0.2) is 0 Å². The van der Waals surface area contributed by atoms with Gasteiger partial charge in [-0.3, -0.25) is 9.59 Å². The molecule has 0 fully saturated rings. The van der Waals surface area contributed by atoms with Gasteiger partial charge in [-0.05, 0) is 20.8 Å². The lowest BCUT2D eigenvalue weighted by Crippen LogP contribution is -2.63. The average molecular weight is 269 g/mol. The van der Waals surface area contributed by atoms with E-state index in [1.54, 1.807) is 6.92 Å². The molecule has 0 rings (SSSR count). The van der Waals surface area contributed by atoms with Crippen LogP contribution < -0.4 is 11.1 Å². The van der Waals surface area contributed by atoms with Gasteiger partial charge in [-0.1, -0.05) is 0 Å². The molecule has 0 aliphatic heterocycles. The van der Waals surface area contributed by atoms with Gasteiger partial charge in [0.25, 0.3) is 5.91 Å². The molecule has 0 spiro atoms. The molecule has 8 heteroatoms. The molecule has 3 N–H and O–H groups in total. The Bertz CT molecular complexity index is 316. The Morgan fingerprint density at radius 2 is 1.78 bits per heavy atom. The van der Waals surface area contributed by atoms with Crippen molar-refractivity contribution < 1.29 is 22.8 Å². The molecular weight excluding hydrogens is 251 g/mol. The molecule has 5 nitrogen and oxygen atoms in total. The number of carbonyl (C=O) groups is 2. The van der Waals surface area contributed by atoms with Gasteiger partial charge in [0.1, 0.15) is 0 Å². The minimum atomic E-state index is -4.86. The fourth-order valence-electron chi connectivity index (χ4n) is 1.20. The van der Waals surface area contributed by atoms with Crippen molar-refractivity contribution in [2.24, 2.45) is 5.73 Å². The van der Waals surface area contributed by atoms with Gasteiger partial charge in [0.15, 0.2) is 5.54 Å². The van der Waals surface area contributed by atoms with E-state index in [4.69, 9.17) is 5.73 Å². The molecule has 2 amide bonds. The first-order valence-electron chi connectivity index (χ1n) is 5.49. The van der Waals surface area contributed by atoms with E-state index in [0.717, 1.165) is 4.90 Å². The molecule has 0 saturated heterocycles. The van der Waals surface area contributed by atoms with Gasteiger partial charge in [0, 0.05) is 13.1 Å². The third-order valence-corrected chi connectivity index (χ3v) is 2.41. The van der Waals surface area contributed by atoms with Crippen molar-refractivity contribution in [3.63, 3.8) is 0 Å². The maximum absolute atomic E-state index is 12.6. The molecular formula is C10H18F3N3O2. The number of nitrogens with two attached hydrogens (primary N) is 1. The van der Waals surface area contributed by atoms with E-state index in [-0.39, 0.29) is 6.54 Å². The Kier molecular flexibility index (Phi) is 5.59. The quantitative estimate of drug-likeness (QED) is 0.751. The van der Waals surface area contributed by atoms with Crippen molar-refractivity contribution in [1.82, 2.24) is 10.2 Å². The van der Waals surface area contributed by atoms with Crippen molar-refractivity contribution in [3.05, 3.63) is 0 Å². The van der Waals surface area contributed by atoms with Gasteiger partial charge in [0.2, 0.25) is 5.91 Å².